The minimum Gasteiger partial charge on any atom is -0.495 e. The summed E-state index contributed by atoms with van der Waals surface area (Å²) in [5.74, 6) is 1.29. The van der Waals surface area contributed by atoms with Gasteiger partial charge in [-0.2, -0.15) is 0 Å². The molecule has 1 aromatic carbocycles. The van der Waals surface area contributed by atoms with Crippen LogP contribution in [0.5, 0.6) is 5.75 Å². The molecule has 108 valence electrons. The summed E-state index contributed by atoms with van der Waals surface area (Å²) in [5.41, 5.74) is 1.92. The Labute approximate surface area is 118 Å². The third kappa shape index (κ3) is 3.27. The Morgan fingerprint density at radius 1 is 1.35 bits per heavy atom. The molecule has 2 rings (SSSR count). The van der Waals surface area contributed by atoms with Gasteiger partial charge in [0.05, 0.1) is 18.8 Å². The molecule has 0 radical (unpaired) electrons. The molecule has 0 aliphatic heterocycles. The number of methoxy groups -OCH3 is 1. The van der Waals surface area contributed by atoms with Crippen molar-refractivity contribution in [1.29, 1.82) is 0 Å². The fourth-order valence-corrected chi connectivity index (χ4v) is 1.89. The first-order valence-corrected chi connectivity index (χ1v) is 6.62. The Morgan fingerprint density at radius 2 is 2.15 bits per heavy atom. The SMILES string of the molecule is CCNC(C)c1nnc(Nc2cc(C)ccc2OC)o1. The lowest BCUT2D eigenvalue weighted by Gasteiger charge is -2.09. The number of anilines is 2. The van der Waals surface area contributed by atoms with Crippen LogP contribution in [0.1, 0.15) is 31.3 Å². The predicted octanol–water partition coefficient (Wildman–Crippen LogP) is 2.80. The molecule has 1 unspecified atom stereocenters. The van der Waals surface area contributed by atoms with Crippen molar-refractivity contribution in [2.75, 3.05) is 19.0 Å². The molecule has 0 fully saturated rings. The summed E-state index contributed by atoms with van der Waals surface area (Å²) >= 11 is 0. The van der Waals surface area contributed by atoms with Crippen LogP contribution in [0.2, 0.25) is 0 Å². The highest BCUT2D eigenvalue weighted by Crippen LogP contribution is 2.28. The first kappa shape index (κ1) is 14.3. The second-order valence-corrected chi connectivity index (χ2v) is 4.55. The number of nitrogens with zero attached hydrogens (tertiary/aromatic N) is 2. The van der Waals surface area contributed by atoms with Crippen LogP contribution >= 0.6 is 0 Å². The molecular weight excluding hydrogens is 256 g/mol. The Bertz CT molecular complexity index is 568. The van der Waals surface area contributed by atoms with E-state index in [2.05, 4.69) is 20.8 Å². The van der Waals surface area contributed by atoms with Crippen LogP contribution < -0.4 is 15.4 Å². The van der Waals surface area contributed by atoms with E-state index in [0.29, 0.717) is 11.9 Å². The van der Waals surface area contributed by atoms with Crippen molar-refractivity contribution in [3.05, 3.63) is 29.7 Å². The number of benzene rings is 1. The van der Waals surface area contributed by atoms with Gasteiger partial charge in [0.1, 0.15) is 5.75 Å². The molecule has 2 aromatic rings. The quantitative estimate of drug-likeness (QED) is 0.845. The second kappa shape index (κ2) is 6.38. The van der Waals surface area contributed by atoms with E-state index in [1.165, 1.54) is 0 Å². The number of aromatic nitrogens is 2. The van der Waals surface area contributed by atoms with E-state index in [0.717, 1.165) is 23.5 Å². The molecule has 0 amide bonds. The molecule has 6 nitrogen and oxygen atoms in total. The molecule has 6 heteroatoms. The van der Waals surface area contributed by atoms with Gasteiger partial charge in [-0.15, -0.1) is 5.10 Å². The fourth-order valence-electron chi connectivity index (χ4n) is 1.89. The predicted molar refractivity (Wildman–Crippen MR) is 77.4 cm³/mol. The topological polar surface area (TPSA) is 72.2 Å². The maximum Gasteiger partial charge on any atom is 0.320 e. The maximum atomic E-state index is 5.59. The van der Waals surface area contributed by atoms with Gasteiger partial charge in [0.2, 0.25) is 5.89 Å². The molecular formula is C14H20N4O2. The molecule has 20 heavy (non-hydrogen) atoms. The monoisotopic (exact) mass is 276 g/mol. The van der Waals surface area contributed by atoms with Gasteiger partial charge < -0.3 is 19.8 Å². The van der Waals surface area contributed by atoms with E-state index in [1.807, 2.05) is 39.0 Å². The van der Waals surface area contributed by atoms with Gasteiger partial charge in [-0.3, -0.25) is 0 Å². The number of ether oxygens (including phenoxy) is 1. The van der Waals surface area contributed by atoms with Gasteiger partial charge >= 0.3 is 6.01 Å². The highest BCUT2D eigenvalue weighted by atomic mass is 16.5. The lowest BCUT2D eigenvalue weighted by Crippen LogP contribution is -2.17. The van der Waals surface area contributed by atoms with Crippen LogP contribution in [0.3, 0.4) is 0 Å². The van der Waals surface area contributed by atoms with Crippen LogP contribution in [0.25, 0.3) is 0 Å². The second-order valence-electron chi connectivity index (χ2n) is 4.55. The van der Waals surface area contributed by atoms with Crippen LogP contribution in [0.15, 0.2) is 22.6 Å². The van der Waals surface area contributed by atoms with Crippen molar-refractivity contribution < 1.29 is 9.15 Å². The standard InChI is InChI=1S/C14H20N4O2/c1-5-15-10(3)13-17-18-14(20-13)16-11-8-9(2)6-7-12(11)19-4/h6-8,10,15H,5H2,1-4H3,(H,16,18). The van der Waals surface area contributed by atoms with Crippen LogP contribution in [-0.2, 0) is 0 Å². The molecule has 1 aromatic heterocycles. The van der Waals surface area contributed by atoms with Gasteiger partial charge in [-0.1, -0.05) is 18.1 Å². The van der Waals surface area contributed by atoms with Crippen LogP contribution in [-0.4, -0.2) is 23.9 Å². The molecule has 2 N–H and O–H groups in total. The van der Waals surface area contributed by atoms with Crippen molar-refractivity contribution in [3.63, 3.8) is 0 Å². The summed E-state index contributed by atoms with van der Waals surface area (Å²) in [6.45, 7) is 6.87. The minimum atomic E-state index is 0.0301. The number of aryl methyl sites for hydroxylation is 1. The maximum absolute atomic E-state index is 5.59. The van der Waals surface area contributed by atoms with E-state index < -0.39 is 0 Å². The van der Waals surface area contributed by atoms with Crippen molar-refractivity contribution in [2.24, 2.45) is 0 Å². The zero-order valence-electron chi connectivity index (χ0n) is 12.2. The Balaban J connectivity index is 2.16. The van der Waals surface area contributed by atoms with Gasteiger partial charge in [0, 0.05) is 0 Å². The van der Waals surface area contributed by atoms with E-state index in [9.17, 15) is 0 Å². The van der Waals surface area contributed by atoms with Crippen molar-refractivity contribution in [1.82, 2.24) is 15.5 Å². The molecule has 0 aliphatic carbocycles. The largest absolute Gasteiger partial charge is 0.495 e. The highest BCUT2D eigenvalue weighted by Gasteiger charge is 2.14. The zero-order chi connectivity index (χ0) is 14.5. The van der Waals surface area contributed by atoms with E-state index in [-0.39, 0.29) is 6.04 Å². The number of nitrogens with one attached hydrogen (secondary N) is 2. The van der Waals surface area contributed by atoms with Gasteiger partial charge in [0.15, 0.2) is 0 Å². The highest BCUT2D eigenvalue weighted by molar-refractivity contribution is 5.62. The first-order valence-electron chi connectivity index (χ1n) is 6.62. The average molecular weight is 276 g/mol. The van der Waals surface area contributed by atoms with Crippen molar-refractivity contribution in [3.8, 4) is 5.75 Å². The first-order chi connectivity index (χ1) is 9.63. The van der Waals surface area contributed by atoms with Gasteiger partial charge in [0.25, 0.3) is 0 Å². The smallest absolute Gasteiger partial charge is 0.320 e. The van der Waals surface area contributed by atoms with E-state index in [1.54, 1.807) is 7.11 Å². The average Bonchev–Trinajstić information content (AvgIpc) is 2.88. The Hall–Kier alpha value is -2.08. The third-order valence-electron chi connectivity index (χ3n) is 2.92. The van der Waals surface area contributed by atoms with Gasteiger partial charge in [-0.05, 0) is 38.1 Å². The normalized spacial score (nSPS) is 12.2. The summed E-state index contributed by atoms with van der Waals surface area (Å²) in [6, 6.07) is 6.24. The number of hydrogen-bond donors (Lipinski definition) is 2. The Kier molecular flexibility index (Phi) is 4.57. The fraction of sp³-hybridized carbons (Fsp3) is 0.429. The van der Waals surface area contributed by atoms with Crippen molar-refractivity contribution in [2.45, 2.75) is 26.8 Å². The Morgan fingerprint density at radius 3 is 2.85 bits per heavy atom. The third-order valence-corrected chi connectivity index (χ3v) is 2.92. The lowest BCUT2D eigenvalue weighted by molar-refractivity contribution is 0.415. The molecule has 0 bridgehead atoms. The summed E-state index contributed by atoms with van der Waals surface area (Å²) < 4.78 is 10.9. The summed E-state index contributed by atoms with van der Waals surface area (Å²) in [5, 5.41) is 14.3. The molecule has 0 saturated heterocycles. The molecule has 1 atom stereocenters. The molecule has 0 spiro atoms. The molecule has 0 aliphatic rings. The molecule has 1 heterocycles. The minimum absolute atomic E-state index is 0.0301. The van der Waals surface area contributed by atoms with E-state index >= 15 is 0 Å². The summed E-state index contributed by atoms with van der Waals surface area (Å²) in [6.07, 6.45) is 0. The van der Waals surface area contributed by atoms with Gasteiger partial charge in [-0.25, -0.2) is 0 Å². The van der Waals surface area contributed by atoms with E-state index in [4.69, 9.17) is 9.15 Å². The van der Waals surface area contributed by atoms with Crippen LogP contribution in [0.4, 0.5) is 11.7 Å². The zero-order valence-corrected chi connectivity index (χ0v) is 12.2. The van der Waals surface area contributed by atoms with Crippen LogP contribution in [0, 0.1) is 6.92 Å². The number of hydrogen-bond acceptors (Lipinski definition) is 6. The summed E-state index contributed by atoms with van der Waals surface area (Å²) in [4.78, 5) is 0. The lowest BCUT2D eigenvalue weighted by atomic mass is 10.2. The number of rotatable bonds is 6. The van der Waals surface area contributed by atoms with Crippen molar-refractivity contribution >= 4 is 11.7 Å². The summed E-state index contributed by atoms with van der Waals surface area (Å²) in [7, 11) is 1.63. The molecule has 0 saturated carbocycles.